The maximum atomic E-state index is 10.3. The second-order valence-electron chi connectivity index (χ2n) is 6.88. The van der Waals surface area contributed by atoms with Crippen LogP contribution in [0.3, 0.4) is 0 Å². The third-order valence-electron chi connectivity index (χ3n) is 3.86. The van der Waals surface area contributed by atoms with E-state index in [0.717, 1.165) is 39.3 Å². The molecule has 1 saturated heterocycles. The molecule has 1 unspecified atom stereocenters. The van der Waals surface area contributed by atoms with Crippen LogP contribution in [0, 0.1) is 5.92 Å². The maximum Gasteiger partial charge on any atom is 0.0768 e. The summed E-state index contributed by atoms with van der Waals surface area (Å²) in [6.07, 6.45) is 0. The Balaban J connectivity index is 2.36. The van der Waals surface area contributed by atoms with Crippen LogP contribution in [0.2, 0.25) is 0 Å². The summed E-state index contributed by atoms with van der Waals surface area (Å²) in [6, 6.07) is 0. The molecule has 0 bridgehead atoms. The molecule has 1 aliphatic rings. The van der Waals surface area contributed by atoms with E-state index in [4.69, 9.17) is 0 Å². The van der Waals surface area contributed by atoms with Gasteiger partial charge in [0.1, 0.15) is 0 Å². The van der Waals surface area contributed by atoms with E-state index in [0.29, 0.717) is 0 Å². The Bertz CT molecular complexity index is 251. The van der Waals surface area contributed by atoms with Gasteiger partial charge in [0.15, 0.2) is 0 Å². The predicted molar refractivity (Wildman–Crippen MR) is 74.6 cm³/mol. The van der Waals surface area contributed by atoms with E-state index in [1.165, 1.54) is 0 Å². The molecule has 0 aromatic carbocycles. The van der Waals surface area contributed by atoms with E-state index < -0.39 is 11.2 Å². The van der Waals surface area contributed by atoms with Crippen molar-refractivity contribution >= 4 is 0 Å². The van der Waals surface area contributed by atoms with Crippen molar-refractivity contribution in [3.63, 3.8) is 0 Å². The van der Waals surface area contributed by atoms with Crippen LogP contribution < -0.4 is 0 Å². The van der Waals surface area contributed by atoms with Crippen molar-refractivity contribution in [2.75, 3.05) is 39.3 Å². The third kappa shape index (κ3) is 5.22. The van der Waals surface area contributed by atoms with Crippen LogP contribution in [-0.2, 0) is 0 Å². The minimum Gasteiger partial charge on any atom is -0.389 e. The van der Waals surface area contributed by atoms with Crippen LogP contribution in [0.5, 0.6) is 0 Å². The highest BCUT2D eigenvalue weighted by molar-refractivity contribution is 4.84. The smallest absolute Gasteiger partial charge is 0.0768 e. The third-order valence-corrected chi connectivity index (χ3v) is 3.86. The number of hydrogen-bond acceptors (Lipinski definition) is 4. The standard InChI is InChI=1S/C14H30N2O2/c1-12(2)14(5,18)11-16-8-6-15(7-9-16)10-13(3,4)17/h12,17-18H,6-11H2,1-5H3. The van der Waals surface area contributed by atoms with Crippen molar-refractivity contribution in [3.8, 4) is 0 Å². The lowest BCUT2D eigenvalue weighted by molar-refractivity contribution is -0.0368. The lowest BCUT2D eigenvalue weighted by atomic mass is 9.92. The topological polar surface area (TPSA) is 46.9 Å². The predicted octanol–water partition coefficient (Wildman–Crippen LogP) is 0.782. The van der Waals surface area contributed by atoms with E-state index >= 15 is 0 Å². The van der Waals surface area contributed by atoms with Crippen molar-refractivity contribution in [1.82, 2.24) is 9.80 Å². The Hall–Kier alpha value is -0.160. The van der Waals surface area contributed by atoms with E-state index in [1.54, 1.807) is 0 Å². The zero-order valence-corrected chi connectivity index (χ0v) is 12.6. The molecule has 0 aliphatic carbocycles. The van der Waals surface area contributed by atoms with Gasteiger partial charge in [-0.25, -0.2) is 0 Å². The largest absolute Gasteiger partial charge is 0.389 e. The summed E-state index contributed by atoms with van der Waals surface area (Å²) in [5.41, 5.74) is -1.23. The number of hydrogen-bond donors (Lipinski definition) is 2. The molecule has 0 aromatic heterocycles. The molecule has 2 N–H and O–H groups in total. The van der Waals surface area contributed by atoms with Gasteiger partial charge in [-0.3, -0.25) is 9.80 Å². The molecule has 1 aliphatic heterocycles. The number of aliphatic hydroxyl groups is 2. The van der Waals surface area contributed by atoms with Gasteiger partial charge in [-0.1, -0.05) is 13.8 Å². The molecule has 4 heteroatoms. The minimum absolute atomic E-state index is 0.270. The van der Waals surface area contributed by atoms with E-state index in [9.17, 15) is 10.2 Å². The first-order valence-electron chi connectivity index (χ1n) is 7.00. The van der Waals surface area contributed by atoms with Crippen LogP contribution in [-0.4, -0.2) is 70.5 Å². The molecule has 0 amide bonds. The molecule has 1 fully saturated rings. The van der Waals surface area contributed by atoms with Crippen molar-refractivity contribution in [3.05, 3.63) is 0 Å². The highest BCUT2D eigenvalue weighted by atomic mass is 16.3. The molecular formula is C14H30N2O2. The Kier molecular flexibility index (Phi) is 5.18. The van der Waals surface area contributed by atoms with Gasteiger partial charge in [-0.15, -0.1) is 0 Å². The second-order valence-corrected chi connectivity index (χ2v) is 6.88. The molecule has 0 radical (unpaired) electrons. The summed E-state index contributed by atoms with van der Waals surface area (Å²) < 4.78 is 0. The lowest BCUT2D eigenvalue weighted by Gasteiger charge is -2.41. The van der Waals surface area contributed by atoms with Crippen molar-refractivity contribution in [2.45, 2.75) is 45.8 Å². The van der Waals surface area contributed by atoms with Crippen molar-refractivity contribution < 1.29 is 10.2 Å². The fraction of sp³-hybridized carbons (Fsp3) is 1.00. The first kappa shape index (κ1) is 15.9. The summed E-state index contributed by atoms with van der Waals surface area (Å²) in [4.78, 5) is 4.61. The van der Waals surface area contributed by atoms with Crippen LogP contribution >= 0.6 is 0 Å². The number of nitrogens with zero attached hydrogens (tertiary/aromatic N) is 2. The average molecular weight is 258 g/mol. The molecule has 0 saturated carbocycles. The molecule has 1 atom stereocenters. The first-order chi connectivity index (χ1) is 8.10. The van der Waals surface area contributed by atoms with Gasteiger partial charge in [0.25, 0.3) is 0 Å². The molecule has 108 valence electrons. The Labute approximate surface area is 112 Å². The van der Waals surface area contributed by atoms with Gasteiger partial charge in [0, 0.05) is 39.3 Å². The minimum atomic E-state index is -0.619. The van der Waals surface area contributed by atoms with Gasteiger partial charge < -0.3 is 10.2 Å². The second kappa shape index (κ2) is 5.87. The van der Waals surface area contributed by atoms with Crippen molar-refractivity contribution in [2.24, 2.45) is 5.92 Å². The summed E-state index contributed by atoms with van der Waals surface area (Å²) >= 11 is 0. The Morgan fingerprint density at radius 3 is 1.61 bits per heavy atom. The van der Waals surface area contributed by atoms with Gasteiger partial charge in [-0.2, -0.15) is 0 Å². The average Bonchev–Trinajstić information content (AvgIpc) is 2.18. The molecular weight excluding hydrogens is 228 g/mol. The fourth-order valence-corrected chi connectivity index (χ4v) is 2.29. The zero-order valence-electron chi connectivity index (χ0n) is 12.6. The fourth-order valence-electron chi connectivity index (χ4n) is 2.29. The highest BCUT2D eigenvalue weighted by Gasteiger charge is 2.30. The number of β-amino-alcohol motifs (C(OH)–C–C–N with tert-alkyl or cyclic N) is 2. The quantitative estimate of drug-likeness (QED) is 0.765. The van der Waals surface area contributed by atoms with Gasteiger partial charge in [0.05, 0.1) is 11.2 Å². The highest BCUT2D eigenvalue weighted by Crippen LogP contribution is 2.18. The number of piperazine rings is 1. The molecule has 1 rings (SSSR count). The van der Waals surface area contributed by atoms with Crippen LogP contribution in [0.25, 0.3) is 0 Å². The van der Waals surface area contributed by atoms with Gasteiger partial charge in [0.2, 0.25) is 0 Å². The SMILES string of the molecule is CC(C)C(C)(O)CN1CCN(CC(C)(C)O)CC1. The molecule has 0 spiro atoms. The zero-order chi connectivity index (χ0) is 14.0. The van der Waals surface area contributed by atoms with E-state index in [2.05, 4.69) is 23.6 Å². The van der Waals surface area contributed by atoms with Crippen LogP contribution in [0.15, 0.2) is 0 Å². The normalized spacial score (nSPS) is 23.3. The van der Waals surface area contributed by atoms with Gasteiger partial charge in [-0.05, 0) is 26.7 Å². The van der Waals surface area contributed by atoms with E-state index in [-0.39, 0.29) is 5.92 Å². The van der Waals surface area contributed by atoms with Gasteiger partial charge >= 0.3 is 0 Å². The lowest BCUT2D eigenvalue weighted by Crippen LogP contribution is -2.54. The molecule has 0 aromatic rings. The van der Waals surface area contributed by atoms with E-state index in [1.807, 2.05) is 20.8 Å². The Morgan fingerprint density at radius 1 is 0.889 bits per heavy atom. The summed E-state index contributed by atoms with van der Waals surface area (Å²) in [6.45, 7) is 15.1. The molecule has 18 heavy (non-hydrogen) atoms. The first-order valence-corrected chi connectivity index (χ1v) is 7.00. The van der Waals surface area contributed by atoms with Crippen molar-refractivity contribution in [1.29, 1.82) is 0 Å². The maximum absolute atomic E-state index is 10.3. The monoisotopic (exact) mass is 258 g/mol. The van der Waals surface area contributed by atoms with Crippen LogP contribution in [0.4, 0.5) is 0 Å². The number of rotatable bonds is 5. The summed E-state index contributed by atoms with van der Waals surface area (Å²) in [5, 5.41) is 20.1. The van der Waals surface area contributed by atoms with Crippen LogP contribution in [0.1, 0.15) is 34.6 Å². The summed E-state index contributed by atoms with van der Waals surface area (Å²) in [7, 11) is 0. The molecule has 4 nitrogen and oxygen atoms in total. The summed E-state index contributed by atoms with van der Waals surface area (Å²) in [5.74, 6) is 0.270. The Morgan fingerprint density at radius 2 is 1.28 bits per heavy atom. The molecule has 1 heterocycles.